The Balaban J connectivity index is 1.39. The summed E-state index contributed by atoms with van der Waals surface area (Å²) in [5.41, 5.74) is 1.95. The molecule has 8 heteroatoms. The second-order valence-electron chi connectivity index (χ2n) is 6.19. The summed E-state index contributed by atoms with van der Waals surface area (Å²) in [5, 5.41) is 3.68. The van der Waals surface area contributed by atoms with Crippen molar-refractivity contribution in [2.24, 2.45) is 0 Å². The number of anilines is 1. The second kappa shape index (κ2) is 7.21. The van der Waals surface area contributed by atoms with Crippen molar-refractivity contribution < 1.29 is 4.79 Å². The molecule has 26 heavy (non-hydrogen) atoms. The quantitative estimate of drug-likeness (QED) is 0.764. The summed E-state index contributed by atoms with van der Waals surface area (Å²) in [4.78, 5) is 31.4. The van der Waals surface area contributed by atoms with E-state index in [1.54, 1.807) is 12.4 Å². The molecule has 0 unspecified atom stereocenters. The third-order valence-electron chi connectivity index (χ3n) is 4.44. The van der Waals surface area contributed by atoms with Gasteiger partial charge in [-0.2, -0.15) is 0 Å². The Labute approximate surface area is 155 Å². The highest BCUT2D eigenvalue weighted by molar-refractivity contribution is 6.31. The van der Waals surface area contributed by atoms with Crippen LogP contribution in [0.3, 0.4) is 0 Å². The third-order valence-corrected chi connectivity index (χ3v) is 4.68. The molecule has 1 saturated heterocycles. The molecule has 132 valence electrons. The maximum atomic E-state index is 12.2. The van der Waals surface area contributed by atoms with E-state index in [1.807, 2.05) is 18.2 Å². The first kappa shape index (κ1) is 16.7. The van der Waals surface area contributed by atoms with Crippen molar-refractivity contribution in [2.75, 3.05) is 18.0 Å². The predicted octanol–water partition coefficient (Wildman–Crippen LogP) is 2.47. The highest BCUT2D eigenvalue weighted by Gasteiger charge is 2.22. The van der Waals surface area contributed by atoms with Crippen LogP contribution in [0.25, 0.3) is 11.0 Å². The second-order valence-corrected chi connectivity index (χ2v) is 6.62. The number of benzene rings is 1. The van der Waals surface area contributed by atoms with Crippen molar-refractivity contribution in [3.63, 3.8) is 0 Å². The monoisotopic (exact) mass is 368 g/mol. The number of nitrogens with zero attached hydrogens (tertiary/aromatic N) is 5. The first-order valence-corrected chi connectivity index (χ1v) is 8.81. The van der Waals surface area contributed by atoms with E-state index in [1.165, 1.54) is 12.4 Å². The molecule has 0 spiro atoms. The van der Waals surface area contributed by atoms with Gasteiger partial charge in [-0.1, -0.05) is 11.6 Å². The van der Waals surface area contributed by atoms with Crippen LogP contribution in [-0.4, -0.2) is 45.0 Å². The van der Waals surface area contributed by atoms with Gasteiger partial charge in [-0.25, -0.2) is 9.97 Å². The lowest BCUT2D eigenvalue weighted by atomic mass is 10.0. The molecule has 0 atom stereocenters. The van der Waals surface area contributed by atoms with Crippen molar-refractivity contribution in [2.45, 2.75) is 18.9 Å². The number of hydrogen-bond acceptors (Lipinski definition) is 6. The standard InChI is InChI=1S/C18H17ClN6O/c19-12-1-2-14-15(9-12)22-11-17(24-14)25-7-3-13(4-8-25)23-18(26)16-10-20-5-6-21-16/h1-2,5-6,9-11,13H,3-4,7-8H2,(H,23,26). The Bertz CT molecular complexity index is 927. The Kier molecular flexibility index (Phi) is 4.62. The Morgan fingerprint density at radius 2 is 1.96 bits per heavy atom. The van der Waals surface area contributed by atoms with Crippen LogP contribution in [0.4, 0.5) is 5.82 Å². The normalized spacial score (nSPS) is 15.2. The number of nitrogens with one attached hydrogen (secondary N) is 1. The molecule has 1 fully saturated rings. The molecule has 1 N–H and O–H groups in total. The molecule has 1 aliphatic rings. The number of rotatable bonds is 3. The third kappa shape index (κ3) is 3.57. The minimum atomic E-state index is -0.182. The van der Waals surface area contributed by atoms with Gasteiger partial charge in [0.2, 0.25) is 0 Å². The zero-order chi connectivity index (χ0) is 17.9. The molecule has 1 amide bonds. The van der Waals surface area contributed by atoms with Gasteiger partial charge in [0.15, 0.2) is 0 Å². The summed E-state index contributed by atoms with van der Waals surface area (Å²) in [6.45, 7) is 1.61. The number of carbonyl (C=O) groups excluding carboxylic acids is 1. The Morgan fingerprint density at radius 1 is 1.12 bits per heavy atom. The number of piperidine rings is 1. The molecule has 2 aromatic heterocycles. The van der Waals surface area contributed by atoms with Crippen LogP contribution in [0, 0.1) is 0 Å². The molecule has 7 nitrogen and oxygen atoms in total. The van der Waals surface area contributed by atoms with Gasteiger partial charge in [-0.15, -0.1) is 0 Å². The van der Waals surface area contributed by atoms with Crippen molar-refractivity contribution in [3.05, 3.63) is 53.7 Å². The number of aromatic nitrogens is 4. The molecular formula is C18H17ClN6O. The van der Waals surface area contributed by atoms with Gasteiger partial charge in [-0.3, -0.25) is 14.8 Å². The van der Waals surface area contributed by atoms with Gasteiger partial charge in [0.05, 0.1) is 23.4 Å². The SMILES string of the molecule is O=C(NC1CCN(c2cnc3cc(Cl)ccc3n2)CC1)c1cnccn1. The van der Waals surface area contributed by atoms with Crippen molar-refractivity contribution in [3.8, 4) is 0 Å². The molecular weight excluding hydrogens is 352 g/mol. The summed E-state index contributed by atoms with van der Waals surface area (Å²) >= 11 is 5.99. The molecule has 3 heterocycles. The smallest absolute Gasteiger partial charge is 0.271 e. The van der Waals surface area contributed by atoms with Gasteiger partial charge in [0.1, 0.15) is 11.5 Å². The number of hydrogen-bond donors (Lipinski definition) is 1. The fourth-order valence-electron chi connectivity index (χ4n) is 3.06. The summed E-state index contributed by atoms with van der Waals surface area (Å²) in [6.07, 6.45) is 7.99. The van der Waals surface area contributed by atoms with Crippen LogP contribution in [0.15, 0.2) is 43.0 Å². The van der Waals surface area contributed by atoms with Gasteiger partial charge < -0.3 is 10.2 Å². The van der Waals surface area contributed by atoms with Gasteiger partial charge in [0.25, 0.3) is 5.91 Å². The largest absolute Gasteiger partial charge is 0.355 e. The van der Waals surface area contributed by atoms with Crippen LogP contribution < -0.4 is 10.2 Å². The fraction of sp³-hybridized carbons (Fsp3) is 0.278. The Hall–Kier alpha value is -2.80. The van der Waals surface area contributed by atoms with E-state index in [4.69, 9.17) is 11.6 Å². The van der Waals surface area contributed by atoms with Crippen LogP contribution in [-0.2, 0) is 0 Å². The van der Waals surface area contributed by atoms with Crippen LogP contribution in [0.2, 0.25) is 5.02 Å². The van der Waals surface area contributed by atoms with E-state index in [-0.39, 0.29) is 11.9 Å². The van der Waals surface area contributed by atoms with E-state index in [9.17, 15) is 4.79 Å². The van der Waals surface area contributed by atoms with Crippen molar-refractivity contribution >= 4 is 34.4 Å². The Morgan fingerprint density at radius 3 is 2.73 bits per heavy atom. The number of amides is 1. The maximum absolute atomic E-state index is 12.2. The summed E-state index contributed by atoms with van der Waals surface area (Å²) in [5.74, 6) is 0.664. The minimum Gasteiger partial charge on any atom is -0.355 e. The molecule has 0 aliphatic carbocycles. The van der Waals surface area contributed by atoms with E-state index in [0.29, 0.717) is 10.7 Å². The molecule has 1 aliphatic heterocycles. The molecule has 1 aromatic carbocycles. The van der Waals surface area contributed by atoms with E-state index in [0.717, 1.165) is 42.8 Å². The molecule has 3 aromatic rings. The highest BCUT2D eigenvalue weighted by atomic mass is 35.5. The first-order chi connectivity index (χ1) is 12.7. The van der Waals surface area contributed by atoms with Crippen LogP contribution in [0.1, 0.15) is 23.3 Å². The molecule has 0 radical (unpaired) electrons. The zero-order valence-corrected chi connectivity index (χ0v) is 14.7. The summed E-state index contributed by atoms with van der Waals surface area (Å²) < 4.78 is 0. The molecule has 0 bridgehead atoms. The molecule has 0 saturated carbocycles. The number of halogens is 1. The fourth-order valence-corrected chi connectivity index (χ4v) is 3.22. The average Bonchev–Trinajstić information content (AvgIpc) is 2.69. The minimum absolute atomic E-state index is 0.118. The van der Waals surface area contributed by atoms with E-state index in [2.05, 4.69) is 30.2 Å². The zero-order valence-electron chi connectivity index (χ0n) is 14.0. The van der Waals surface area contributed by atoms with Crippen LogP contribution in [0.5, 0.6) is 0 Å². The molecule has 4 rings (SSSR count). The lowest BCUT2D eigenvalue weighted by Crippen LogP contribution is -2.45. The summed E-state index contributed by atoms with van der Waals surface area (Å²) in [6, 6.07) is 5.62. The van der Waals surface area contributed by atoms with Gasteiger partial charge >= 0.3 is 0 Å². The van der Waals surface area contributed by atoms with E-state index >= 15 is 0 Å². The topological polar surface area (TPSA) is 83.9 Å². The van der Waals surface area contributed by atoms with Crippen molar-refractivity contribution in [1.29, 1.82) is 0 Å². The van der Waals surface area contributed by atoms with Crippen molar-refractivity contribution in [1.82, 2.24) is 25.3 Å². The van der Waals surface area contributed by atoms with Gasteiger partial charge in [0, 0.05) is 36.5 Å². The van der Waals surface area contributed by atoms with E-state index < -0.39 is 0 Å². The lowest BCUT2D eigenvalue weighted by molar-refractivity contribution is 0.0925. The summed E-state index contributed by atoms with van der Waals surface area (Å²) in [7, 11) is 0. The highest BCUT2D eigenvalue weighted by Crippen LogP contribution is 2.22. The van der Waals surface area contributed by atoms with Gasteiger partial charge in [-0.05, 0) is 31.0 Å². The number of carbonyl (C=O) groups is 1. The maximum Gasteiger partial charge on any atom is 0.271 e. The average molecular weight is 369 g/mol. The first-order valence-electron chi connectivity index (χ1n) is 8.43. The van der Waals surface area contributed by atoms with Crippen LogP contribution >= 0.6 is 11.6 Å². The predicted molar refractivity (Wildman–Crippen MR) is 99.3 cm³/mol. The number of fused-ring (bicyclic) bond motifs is 1. The lowest BCUT2D eigenvalue weighted by Gasteiger charge is -2.33.